The van der Waals surface area contributed by atoms with Crippen LogP contribution in [0.3, 0.4) is 0 Å². The zero-order chi connectivity index (χ0) is 32.5. The van der Waals surface area contributed by atoms with Crippen molar-refractivity contribution in [1.29, 1.82) is 0 Å². The van der Waals surface area contributed by atoms with Crippen LogP contribution < -0.4 is 5.43 Å². The molecule has 1 saturated heterocycles. The highest BCUT2D eigenvalue weighted by Gasteiger charge is 2.32. The highest BCUT2D eigenvalue weighted by atomic mass is 32.2. The van der Waals surface area contributed by atoms with E-state index in [-0.39, 0.29) is 59.8 Å². The van der Waals surface area contributed by atoms with Crippen LogP contribution in [0.15, 0.2) is 76.4 Å². The topological polar surface area (TPSA) is 128 Å². The monoisotopic (exact) mass is 636 g/mol. The van der Waals surface area contributed by atoms with Crippen molar-refractivity contribution in [1.82, 2.24) is 18.8 Å². The van der Waals surface area contributed by atoms with Crippen molar-refractivity contribution in [2.45, 2.75) is 37.7 Å². The number of carbonyl (C=O) groups excluding carboxylic acids is 2. The van der Waals surface area contributed by atoms with Gasteiger partial charge in [-0.3, -0.25) is 9.36 Å². The number of hydrogen-bond donors (Lipinski definition) is 0. The summed E-state index contributed by atoms with van der Waals surface area (Å²) in [5.74, 6) is -1.64. The van der Waals surface area contributed by atoms with Gasteiger partial charge in [0.2, 0.25) is 16.0 Å². The lowest BCUT2D eigenvalue weighted by Gasteiger charge is -2.35. The molecule has 0 spiro atoms. The number of amides is 1. The number of methoxy groups -OCH3 is 1. The van der Waals surface area contributed by atoms with Crippen LogP contribution in [0, 0.1) is 5.95 Å². The fraction of sp³-hybridized carbons (Fsp3) is 0.312. The third kappa shape index (κ3) is 6.59. The van der Waals surface area contributed by atoms with Gasteiger partial charge in [-0.05, 0) is 62.7 Å². The third-order valence-electron chi connectivity index (χ3n) is 7.31. The van der Waals surface area contributed by atoms with Gasteiger partial charge in [0.1, 0.15) is 11.3 Å². The van der Waals surface area contributed by atoms with Crippen molar-refractivity contribution < 1.29 is 31.9 Å². The molecule has 1 fully saturated rings. The quantitative estimate of drug-likeness (QED) is 0.228. The number of halogens is 1. The number of aromatic nitrogens is 2. The smallest absolute Gasteiger partial charge is 0.410 e. The number of hydrogen-bond acceptors (Lipinski definition) is 8. The number of rotatable bonds is 6. The average Bonchev–Trinajstić information content (AvgIpc) is 3.01. The van der Waals surface area contributed by atoms with E-state index < -0.39 is 39.1 Å². The zero-order valence-electron chi connectivity index (χ0n) is 25.3. The van der Waals surface area contributed by atoms with Crippen molar-refractivity contribution in [3.63, 3.8) is 0 Å². The minimum absolute atomic E-state index is 0.0384. The molecule has 1 aliphatic rings. The molecule has 1 aliphatic heterocycles. The Morgan fingerprint density at radius 2 is 1.58 bits per heavy atom. The maximum Gasteiger partial charge on any atom is 0.410 e. The lowest BCUT2D eigenvalue weighted by molar-refractivity contribution is 0.0192. The van der Waals surface area contributed by atoms with Crippen LogP contribution in [0.2, 0.25) is 0 Å². The third-order valence-corrected chi connectivity index (χ3v) is 9.22. The van der Waals surface area contributed by atoms with E-state index in [0.717, 1.165) is 6.07 Å². The highest BCUT2D eigenvalue weighted by molar-refractivity contribution is 7.89. The van der Waals surface area contributed by atoms with Gasteiger partial charge in [-0.25, -0.2) is 23.0 Å². The summed E-state index contributed by atoms with van der Waals surface area (Å²) in [7, 11) is -2.69. The van der Waals surface area contributed by atoms with Crippen LogP contribution in [-0.4, -0.2) is 78.1 Å². The number of piperazine rings is 1. The van der Waals surface area contributed by atoms with Gasteiger partial charge in [-0.2, -0.15) is 8.70 Å². The van der Waals surface area contributed by atoms with E-state index in [4.69, 9.17) is 9.47 Å². The van der Waals surface area contributed by atoms with Crippen molar-refractivity contribution in [2.24, 2.45) is 0 Å². The summed E-state index contributed by atoms with van der Waals surface area (Å²) in [6.45, 7) is 5.90. The number of sulfonamides is 1. The predicted octanol–water partition coefficient (Wildman–Crippen LogP) is 4.14. The first-order valence-corrected chi connectivity index (χ1v) is 15.7. The molecule has 13 heteroatoms. The molecule has 0 radical (unpaired) electrons. The van der Waals surface area contributed by atoms with E-state index in [1.165, 1.54) is 39.1 Å². The Kier molecular flexibility index (Phi) is 8.77. The Bertz CT molecular complexity index is 1910. The van der Waals surface area contributed by atoms with Crippen LogP contribution in [0.4, 0.5) is 9.18 Å². The minimum Gasteiger partial charge on any atom is -0.464 e. The summed E-state index contributed by atoms with van der Waals surface area (Å²) >= 11 is 0. The summed E-state index contributed by atoms with van der Waals surface area (Å²) < 4.78 is 54.3. The van der Waals surface area contributed by atoms with E-state index in [1.54, 1.807) is 63.2 Å². The summed E-state index contributed by atoms with van der Waals surface area (Å²) in [5, 5.41) is 0.104. The highest BCUT2D eigenvalue weighted by Crippen LogP contribution is 2.25. The van der Waals surface area contributed by atoms with Crippen LogP contribution in [-0.2, 0) is 25.9 Å². The average molecular weight is 637 g/mol. The maximum absolute atomic E-state index is 14.3. The number of ether oxygens (including phenoxy) is 2. The second-order valence-corrected chi connectivity index (χ2v) is 13.5. The molecule has 0 N–H and O–H groups in total. The molecule has 11 nitrogen and oxygen atoms in total. The fourth-order valence-corrected chi connectivity index (χ4v) is 6.58. The molecule has 4 aromatic rings. The molecule has 2 aromatic carbocycles. The Hall–Kier alpha value is -4.62. The molecular weight excluding hydrogens is 603 g/mol. The van der Waals surface area contributed by atoms with E-state index in [9.17, 15) is 27.2 Å². The molecular formula is C32H33FN4O7S. The fourth-order valence-electron chi connectivity index (χ4n) is 5.16. The molecule has 5 rings (SSSR count). The SMILES string of the molecule is COC(=O)c1c(Cc2ccc(S(=O)(=O)N3CCN(C(=O)OC(C)(C)C)CC3)cc2)c(=O)c2ccc(F)nc2n1-c1ccccc1. The van der Waals surface area contributed by atoms with Gasteiger partial charge in [0.25, 0.3) is 0 Å². The van der Waals surface area contributed by atoms with Crippen LogP contribution >= 0.6 is 0 Å². The standard InChI is InChI=1S/C32H33FN4O7S/c1-32(2,3)44-31(40)35-16-18-36(19-17-35)45(41,42)23-12-10-21(11-13-23)20-25-27(30(39)43-4)37(22-8-6-5-7-9-22)29-24(28(25)38)14-15-26(33)34-29/h5-15H,16-20H2,1-4H3. The molecule has 1 amide bonds. The Morgan fingerprint density at radius 3 is 2.18 bits per heavy atom. The van der Waals surface area contributed by atoms with Gasteiger partial charge in [-0.1, -0.05) is 30.3 Å². The number of fused-ring (bicyclic) bond motifs is 1. The van der Waals surface area contributed by atoms with E-state index in [0.29, 0.717) is 11.3 Å². The number of para-hydroxylation sites is 1. The van der Waals surface area contributed by atoms with Gasteiger partial charge in [-0.15, -0.1) is 0 Å². The van der Waals surface area contributed by atoms with Gasteiger partial charge >= 0.3 is 12.1 Å². The summed E-state index contributed by atoms with van der Waals surface area (Å²) in [6.07, 6.45) is -0.533. The van der Waals surface area contributed by atoms with Gasteiger partial charge in [0.15, 0.2) is 11.1 Å². The molecule has 0 aliphatic carbocycles. The normalized spacial score (nSPS) is 14.4. The molecule has 236 valence electrons. The van der Waals surface area contributed by atoms with Crippen LogP contribution in [0.1, 0.15) is 42.4 Å². The lowest BCUT2D eigenvalue weighted by atomic mass is 10.0. The maximum atomic E-state index is 14.3. The van der Waals surface area contributed by atoms with Gasteiger partial charge in [0, 0.05) is 43.9 Å². The first-order chi connectivity index (χ1) is 21.3. The van der Waals surface area contributed by atoms with Crippen molar-refractivity contribution in [3.05, 3.63) is 99.7 Å². The largest absolute Gasteiger partial charge is 0.464 e. The molecule has 0 bridgehead atoms. The predicted molar refractivity (Wildman–Crippen MR) is 164 cm³/mol. The molecule has 0 unspecified atom stereocenters. The molecule has 2 aromatic heterocycles. The van der Waals surface area contributed by atoms with Crippen molar-refractivity contribution in [2.75, 3.05) is 33.3 Å². The number of nitrogens with zero attached hydrogens (tertiary/aromatic N) is 4. The van der Waals surface area contributed by atoms with Crippen molar-refractivity contribution in [3.8, 4) is 5.69 Å². The van der Waals surface area contributed by atoms with Crippen molar-refractivity contribution >= 4 is 33.1 Å². The molecule has 45 heavy (non-hydrogen) atoms. The van der Waals surface area contributed by atoms with Gasteiger partial charge in [0.05, 0.1) is 17.4 Å². The number of pyridine rings is 2. The number of carbonyl (C=O) groups is 2. The molecule has 3 heterocycles. The van der Waals surface area contributed by atoms with Gasteiger partial charge < -0.3 is 14.4 Å². The van der Waals surface area contributed by atoms with E-state index in [2.05, 4.69) is 4.98 Å². The first-order valence-electron chi connectivity index (χ1n) is 14.2. The van der Waals surface area contributed by atoms with Crippen LogP contribution in [0.25, 0.3) is 16.7 Å². The number of benzene rings is 2. The second-order valence-electron chi connectivity index (χ2n) is 11.5. The first kappa shape index (κ1) is 31.8. The Labute approximate surface area is 259 Å². The Balaban J connectivity index is 1.46. The molecule has 0 saturated carbocycles. The van der Waals surface area contributed by atoms with E-state index in [1.807, 2.05) is 0 Å². The van der Waals surface area contributed by atoms with E-state index >= 15 is 0 Å². The summed E-state index contributed by atoms with van der Waals surface area (Å²) in [6, 6.07) is 17.1. The zero-order valence-corrected chi connectivity index (χ0v) is 26.1. The summed E-state index contributed by atoms with van der Waals surface area (Å²) in [5.41, 5.74) is -0.223. The number of esters is 1. The Morgan fingerprint density at radius 1 is 0.933 bits per heavy atom. The summed E-state index contributed by atoms with van der Waals surface area (Å²) in [4.78, 5) is 44.8. The second kappa shape index (κ2) is 12.4. The lowest BCUT2D eigenvalue weighted by Crippen LogP contribution is -2.51. The minimum atomic E-state index is -3.87. The molecule has 0 atom stereocenters. The van der Waals surface area contributed by atoms with Crippen LogP contribution in [0.5, 0.6) is 0 Å².